The summed E-state index contributed by atoms with van der Waals surface area (Å²) in [5.74, 6) is 1.13. The molecule has 94 valence electrons. The minimum Gasteiger partial charge on any atom is -0.362 e. The van der Waals surface area contributed by atoms with E-state index in [0.29, 0.717) is 17.8 Å². The molecule has 4 nitrogen and oxygen atoms in total. The third-order valence-electron chi connectivity index (χ3n) is 3.61. The lowest BCUT2D eigenvalue weighted by Crippen LogP contribution is -2.31. The van der Waals surface area contributed by atoms with Crippen LogP contribution in [0.25, 0.3) is 0 Å². The van der Waals surface area contributed by atoms with Crippen LogP contribution in [0.15, 0.2) is 17.2 Å². The first-order chi connectivity index (χ1) is 8.09. The number of hydrogen-bond donors (Lipinski definition) is 1. The van der Waals surface area contributed by atoms with E-state index in [9.17, 15) is 4.79 Å². The molecular formula is C13H21N3O. The van der Waals surface area contributed by atoms with Gasteiger partial charge >= 0.3 is 0 Å². The molecular weight excluding hydrogens is 214 g/mol. The Labute approximate surface area is 102 Å². The molecule has 0 radical (unpaired) electrons. The largest absolute Gasteiger partial charge is 0.362 e. The van der Waals surface area contributed by atoms with Crippen molar-refractivity contribution >= 4 is 5.82 Å². The SMILES string of the molecule is CC1CCCC1Nc1nccn(C(C)C)c1=O. The standard InChI is InChI=1S/C13H21N3O/c1-9(2)16-8-7-14-12(13(16)17)15-11-6-4-5-10(11)3/h7-11H,4-6H2,1-3H3,(H,14,15). The number of nitrogens with one attached hydrogen (secondary N) is 1. The van der Waals surface area contributed by atoms with Gasteiger partial charge in [-0.3, -0.25) is 4.79 Å². The fourth-order valence-electron chi connectivity index (χ4n) is 2.47. The molecule has 0 aromatic carbocycles. The first-order valence-electron chi connectivity index (χ1n) is 6.43. The average molecular weight is 235 g/mol. The summed E-state index contributed by atoms with van der Waals surface area (Å²) in [5.41, 5.74) is -0.0124. The maximum Gasteiger partial charge on any atom is 0.293 e. The van der Waals surface area contributed by atoms with E-state index in [2.05, 4.69) is 17.2 Å². The average Bonchev–Trinajstić information content (AvgIpc) is 2.67. The Morgan fingerprint density at radius 2 is 2.24 bits per heavy atom. The summed E-state index contributed by atoms with van der Waals surface area (Å²) < 4.78 is 1.72. The van der Waals surface area contributed by atoms with Crippen molar-refractivity contribution in [2.24, 2.45) is 5.92 Å². The predicted molar refractivity (Wildman–Crippen MR) is 69.3 cm³/mol. The fourth-order valence-corrected chi connectivity index (χ4v) is 2.47. The minimum absolute atomic E-state index is 0.0124. The second-order valence-electron chi connectivity index (χ2n) is 5.24. The van der Waals surface area contributed by atoms with Gasteiger partial charge in [0.05, 0.1) is 0 Å². The molecule has 1 heterocycles. The van der Waals surface area contributed by atoms with Crippen molar-refractivity contribution in [1.29, 1.82) is 0 Å². The van der Waals surface area contributed by atoms with Gasteiger partial charge < -0.3 is 9.88 Å². The van der Waals surface area contributed by atoms with Crippen molar-refractivity contribution in [3.8, 4) is 0 Å². The summed E-state index contributed by atoms with van der Waals surface area (Å²) in [6, 6.07) is 0.574. The van der Waals surface area contributed by atoms with Gasteiger partial charge in [-0.25, -0.2) is 4.98 Å². The van der Waals surface area contributed by atoms with Crippen LogP contribution in [0.3, 0.4) is 0 Å². The molecule has 0 saturated heterocycles. The third-order valence-corrected chi connectivity index (χ3v) is 3.61. The number of rotatable bonds is 3. The van der Waals surface area contributed by atoms with Crippen LogP contribution < -0.4 is 10.9 Å². The summed E-state index contributed by atoms with van der Waals surface area (Å²) in [5, 5.41) is 3.31. The molecule has 2 rings (SSSR count). The number of nitrogens with zero attached hydrogens (tertiary/aromatic N) is 2. The van der Waals surface area contributed by atoms with Crippen LogP contribution in [0.4, 0.5) is 5.82 Å². The van der Waals surface area contributed by atoms with Gasteiger partial charge in [0.2, 0.25) is 0 Å². The minimum atomic E-state index is -0.0124. The molecule has 0 aliphatic heterocycles. The summed E-state index contributed by atoms with van der Waals surface area (Å²) in [6.45, 7) is 6.24. The molecule has 1 N–H and O–H groups in total. The van der Waals surface area contributed by atoms with Crippen LogP contribution in [0.5, 0.6) is 0 Å². The maximum absolute atomic E-state index is 12.1. The second kappa shape index (κ2) is 4.90. The van der Waals surface area contributed by atoms with Crippen molar-refractivity contribution in [3.05, 3.63) is 22.7 Å². The van der Waals surface area contributed by atoms with Gasteiger partial charge in [-0.2, -0.15) is 0 Å². The molecule has 17 heavy (non-hydrogen) atoms. The van der Waals surface area contributed by atoms with E-state index < -0.39 is 0 Å². The lowest BCUT2D eigenvalue weighted by molar-refractivity contribution is 0.546. The Morgan fingerprint density at radius 1 is 1.47 bits per heavy atom. The lowest BCUT2D eigenvalue weighted by Gasteiger charge is -2.18. The van der Waals surface area contributed by atoms with Crippen LogP contribution in [0.2, 0.25) is 0 Å². The monoisotopic (exact) mass is 235 g/mol. The normalized spacial score (nSPS) is 24.2. The molecule has 0 spiro atoms. The Morgan fingerprint density at radius 3 is 2.82 bits per heavy atom. The maximum atomic E-state index is 12.1. The first kappa shape index (κ1) is 12.1. The van der Waals surface area contributed by atoms with Crippen LogP contribution in [0, 0.1) is 5.92 Å². The number of hydrogen-bond acceptors (Lipinski definition) is 3. The van der Waals surface area contributed by atoms with Gasteiger partial charge in [0.25, 0.3) is 5.56 Å². The Balaban J connectivity index is 2.21. The van der Waals surface area contributed by atoms with E-state index in [-0.39, 0.29) is 11.6 Å². The van der Waals surface area contributed by atoms with Crippen LogP contribution in [-0.2, 0) is 0 Å². The zero-order valence-electron chi connectivity index (χ0n) is 10.8. The van der Waals surface area contributed by atoms with E-state index in [1.54, 1.807) is 17.0 Å². The second-order valence-corrected chi connectivity index (χ2v) is 5.24. The van der Waals surface area contributed by atoms with Gasteiger partial charge in [0.1, 0.15) is 0 Å². The summed E-state index contributed by atoms with van der Waals surface area (Å²) >= 11 is 0. The Kier molecular flexibility index (Phi) is 3.50. The van der Waals surface area contributed by atoms with Gasteiger partial charge in [0.15, 0.2) is 5.82 Å². The van der Waals surface area contributed by atoms with Gasteiger partial charge in [-0.15, -0.1) is 0 Å². The third kappa shape index (κ3) is 2.51. The van der Waals surface area contributed by atoms with Gasteiger partial charge in [-0.05, 0) is 32.6 Å². The van der Waals surface area contributed by atoms with Crippen molar-refractivity contribution in [2.45, 2.75) is 52.1 Å². The Hall–Kier alpha value is -1.32. The van der Waals surface area contributed by atoms with Crippen LogP contribution >= 0.6 is 0 Å². The molecule has 1 aliphatic rings. The zero-order chi connectivity index (χ0) is 12.4. The van der Waals surface area contributed by atoms with E-state index >= 15 is 0 Å². The van der Waals surface area contributed by atoms with Crippen molar-refractivity contribution < 1.29 is 0 Å². The highest BCUT2D eigenvalue weighted by Gasteiger charge is 2.24. The lowest BCUT2D eigenvalue weighted by atomic mass is 10.1. The fraction of sp³-hybridized carbons (Fsp3) is 0.692. The van der Waals surface area contributed by atoms with Gasteiger partial charge in [-0.1, -0.05) is 13.3 Å². The smallest absolute Gasteiger partial charge is 0.293 e. The van der Waals surface area contributed by atoms with E-state index in [1.165, 1.54) is 12.8 Å². The molecule has 0 bridgehead atoms. The highest BCUT2D eigenvalue weighted by molar-refractivity contribution is 5.33. The molecule has 1 saturated carbocycles. The van der Waals surface area contributed by atoms with Crippen molar-refractivity contribution in [3.63, 3.8) is 0 Å². The van der Waals surface area contributed by atoms with Gasteiger partial charge in [0, 0.05) is 24.5 Å². The topological polar surface area (TPSA) is 46.9 Å². The molecule has 1 aromatic heterocycles. The van der Waals surface area contributed by atoms with E-state index in [0.717, 1.165) is 6.42 Å². The summed E-state index contributed by atoms with van der Waals surface area (Å²) in [6.07, 6.45) is 7.06. The Bertz CT molecular complexity index is 439. The number of anilines is 1. The molecule has 2 atom stereocenters. The number of aromatic nitrogens is 2. The van der Waals surface area contributed by atoms with Crippen LogP contribution in [0.1, 0.15) is 46.1 Å². The predicted octanol–water partition coefficient (Wildman–Crippen LogP) is 2.42. The molecule has 1 aliphatic carbocycles. The highest BCUT2D eigenvalue weighted by atomic mass is 16.1. The van der Waals surface area contributed by atoms with E-state index in [4.69, 9.17) is 0 Å². The van der Waals surface area contributed by atoms with Crippen molar-refractivity contribution in [1.82, 2.24) is 9.55 Å². The van der Waals surface area contributed by atoms with Crippen molar-refractivity contribution in [2.75, 3.05) is 5.32 Å². The first-order valence-corrected chi connectivity index (χ1v) is 6.43. The van der Waals surface area contributed by atoms with Crippen LogP contribution in [-0.4, -0.2) is 15.6 Å². The molecule has 2 unspecified atom stereocenters. The quantitative estimate of drug-likeness (QED) is 0.875. The summed E-state index contributed by atoms with van der Waals surface area (Å²) in [7, 11) is 0. The summed E-state index contributed by atoms with van der Waals surface area (Å²) in [4.78, 5) is 16.3. The molecule has 4 heteroatoms. The molecule has 1 fully saturated rings. The highest BCUT2D eigenvalue weighted by Crippen LogP contribution is 2.26. The molecule has 0 amide bonds. The zero-order valence-corrected chi connectivity index (χ0v) is 10.8. The molecule has 1 aromatic rings. The van der Waals surface area contributed by atoms with E-state index in [1.807, 2.05) is 13.8 Å².